The summed E-state index contributed by atoms with van der Waals surface area (Å²) in [5, 5.41) is 1.06. The number of pyridine rings is 1. The predicted molar refractivity (Wildman–Crippen MR) is 111 cm³/mol. The highest BCUT2D eigenvalue weighted by atomic mass is 32.1. The number of fused-ring (bicyclic) bond motifs is 1. The summed E-state index contributed by atoms with van der Waals surface area (Å²) in [6.07, 6.45) is 6.14. The molecule has 0 atom stereocenters. The lowest BCUT2D eigenvalue weighted by Gasteiger charge is -2.27. The normalized spacial score (nSPS) is 17.3. The molecule has 3 aromatic rings. The summed E-state index contributed by atoms with van der Waals surface area (Å²) in [6, 6.07) is 3.71. The fraction of sp³-hybridized carbons (Fsp3) is 0.400. The summed E-state index contributed by atoms with van der Waals surface area (Å²) in [6.45, 7) is 5.59. The Labute approximate surface area is 172 Å². The molecule has 5 heterocycles. The standard InChI is InChI=1S/C20H22N6O2S/c27-19-16-13-25(12-15-11-22-20(29-15)26-7-9-28-10-8-26)6-3-17(16)23-18(24-19)14-1-4-21-5-2-14/h1-2,4-5,11H,3,6-10,12-13H2,(H,23,24,27). The van der Waals surface area contributed by atoms with Crippen molar-refractivity contribution in [3.8, 4) is 11.4 Å². The number of hydrogen-bond donors (Lipinski definition) is 1. The Morgan fingerprint density at radius 2 is 2.00 bits per heavy atom. The summed E-state index contributed by atoms with van der Waals surface area (Å²) >= 11 is 1.73. The van der Waals surface area contributed by atoms with E-state index in [0.29, 0.717) is 12.4 Å². The van der Waals surface area contributed by atoms with Gasteiger partial charge in [0.15, 0.2) is 5.13 Å². The highest BCUT2D eigenvalue weighted by Crippen LogP contribution is 2.26. The van der Waals surface area contributed by atoms with E-state index in [2.05, 4.69) is 24.8 Å². The Balaban J connectivity index is 1.30. The Bertz CT molecular complexity index is 1040. The molecular weight excluding hydrogens is 388 g/mol. The Morgan fingerprint density at radius 1 is 1.17 bits per heavy atom. The van der Waals surface area contributed by atoms with E-state index < -0.39 is 0 Å². The van der Waals surface area contributed by atoms with Gasteiger partial charge in [0.1, 0.15) is 5.82 Å². The minimum absolute atomic E-state index is 0.0511. The van der Waals surface area contributed by atoms with Gasteiger partial charge in [-0.1, -0.05) is 0 Å². The second kappa shape index (κ2) is 8.02. The van der Waals surface area contributed by atoms with Crippen LogP contribution in [0.25, 0.3) is 11.4 Å². The molecular formula is C20H22N6O2S. The fourth-order valence-corrected chi connectivity index (χ4v) is 4.76. The number of aromatic amines is 1. The molecule has 0 spiro atoms. The third kappa shape index (κ3) is 3.93. The first kappa shape index (κ1) is 18.4. The molecule has 1 saturated heterocycles. The number of aromatic nitrogens is 4. The van der Waals surface area contributed by atoms with Crippen molar-refractivity contribution in [1.29, 1.82) is 0 Å². The van der Waals surface area contributed by atoms with Gasteiger partial charge in [-0.3, -0.25) is 14.7 Å². The van der Waals surface area contributed by atoms with Gasteiger partial charge in [0.05, 0.1) is 24.5 Å². The number of H-pyrrole nitrogens is 1. The minimum Gasteiger partial charge on any atom is -0.378 e. The molecule has 29 heavy (non-hydrogen) atoms. The van der Waals surface area contributed by atoms with Crippen molar-refractivity contribution in [3.05, 3.63) is 57.2 Å². The molecule has 0 radical (unpaired) electrons. The summed E-state index contributed by atoms with van der Waals surface area (Å²) < 4.78 is 5.42. The van der Waals surface area contributed by atoms with Gasteiger partial charge < -0.3 is 14.6 Å². The summed E-state index contributed by atoms with van der Waals surface area (Å²) in [5.41, 5.74) is 2.49. The maximum atomic E-state index is 12.7. The van der Waals surface area contributed by atoms with Gasteiger partial charge in [-0.15, -0.1) is 11.3 Å². The van der Waals surface area contributed by atoms with Crippen LogP contribution in [0.15, 0.2) is 35.5 Å². The number of thiazole rings is 1. The average Bonchev–Trinajstić information content (AvgIpc) is 3.24. The van der Waals surface area contributed by atoms with Crippen LogP contribution in [0.1, 0.15) is 16.1 Å². The minimum atomic E-state index is -0.0511. The van der Waals surface area contributed by atoms with Crippen LogP contribution in [0.5, 0.6) is 0 Å². The molecule has 8 nitrogen and oxygen atoms in total. The second-order valence-corrected chi connectivity index (χ2v) is 8.34. The lowest BCUT2D eigenvalue weighted by atomic mass is 10.1. The Kier molecular flexibility index (Phi) is 5.09. The number of hydrogen-bond acceptors (Lipinski definition) is 8. The van der Waals surface area contributed by atoms with E-state index in [0.717, 1.165) is 67.8 Å². The molecule has 0 unspecified atom stereocenters. The molecule has 0 amide bonds. The summed E-state index contributed by atoms with van der Waals surface area (Å²) in [5.74, 6) is 0.613. The molecule has 1 fully saturated rings. The van der Waals surface area contributed by atoms with Crippen LogP contribution in [-0.2, 0) is 24.2 Å². The van der Waals surface area contributed by atoms with E-state index in [-0.39, 0.29) is 5.56 Å². The third-order valence-electron chi connectivity index (χ3n) is 5.30. The quantitative estimate of drug-likeness (QED) is 0.700. The van der Waals surface area contributed by atoms with E-state index >= 15 is 0 Å². The lowest BCUT2D eigenvalue weighted by molar-refractivity contribution is 0.122. The second-order valence-electron chi connectivity index (χ2n) is 7.24. The average molecular weight is 411 g/mol. The first-order valence-electron chi connectivity index (χ1n) is 9.78. The zero-order valence-corrected chi connectivity index (χ0v) is 16.8. The van der Waals surface area contributed by atoms with E-state index in [1.165, 1.54) is 4.88 Å². The smallest absolute Gasteiger partial charge is 0.255 e. The van der Waals surface area contributed by atoms with Gasteiger partial charge in [-0.05, 0) is 12.1 Å². The maximum absolute atomic E-state index is 12.7. The van der Waals surface area contributed by atoms with Crippen molar-refractivity contribution in [2.24, 2.45) is 0 Å². The number of morpholine rings is 1. The van der Waals surface area contributed by atoms with E-state index in [4.69, 9.17) is 9.72 Å². The molecule has 0 saturated carbocycles. The summed E-state index contributed by atoms with van der Waals surface area (Å²) in [7, 11) is 0. The molecule has 2 aliphatic rings. The molecule has 2 aliphatic heterocycles. The number of nitrogens with one attached hydrogen (secondary N) is 1. The Hall–Kier alpha value is -2.62. The molecule has 9 heteroatoms. The van der Waals surface area contributed by atoms with Crippen molar-refractivity contribution in [3.63, 3.8) is 0 Å². The van der Waals surface area contributed by atoms with Crippen LogP contribution >= 0.6 is 11.3 Å². The highest BCUT2D eigenvalue weighted by Gasteiger charge is 2.23. The van der Waals surface area contributed by atoms with Gasteiger partial charge in [0.2, 0.25) is 0 Å². The van der Waals surface area contributed by atoms with Crippen molar-refractivity contribution in [2.75, 3.05) is 37.7 Å². The van der Waals surface area contributed by atoms with Crippen LogP contribution < -0.4 is 10.5 Å². The number of anilines is 1. The first-order valence-corrected chi connectivity index (χ1v) is 10.6. The number of rotatable bonds is 4. The zero-order chi connectivity index (χ0) is 19.6. The fourth-order valence-electron chi connectivity index (χ4n) is 3.75. The van der Waals surface area contributed by atoms with E-state index in [9.17, 15) is 4.79 Å². The maximum Gasteiger partial charge on any atom is 0.255 e. The van der Waals surface area contributed by atoms with Crippen LogP contribution in [-0.4, -0.2) is 57.7 Å². The topological polar surface area (TPSA) is 87.2 Å². The van der Waals surface area contributed by atoms with Crippen molar-refractivity contribution >= 4 is 16.5 Å². The van der Waals surface area contributed by atoms with Crippen LogP contribution in [0, 0.1) is 0 Å². The molecule has 3 aromatic heterocycles. The molecule has 0 aliphatic carbocycles. The largest absolute Gasteiger partial charge is 0.378 e. The number of nitrogens with zero attached hydrogens (tertiary/aromatic N) is 5. The van der Waals surface area contributed by atoms with E-state index in [1.807, 2.05) is 18.3 Å². The van der Waals surface area contributed by atoms with Gasteiger partial charge in [-0.2, -0.15) is 0 Å². The van der Waals surface area contributed by atoms with Crippen LogP contribution in [0.3, 0.4) is 0 Å². The molecule has 1 N–H and O–H groups in total. The van der Waals surface area contributed by atoms with Gasteiger partial charge >= 0.3 is 0 Å². The van der Waals surface area contributed by atoms with Gasteiger partial charge in [0.25, 0.3) is 5.56 Å². The third-order valence-corrected chi connectivity index (χ3v) is 6.35. The molecule has 150 valence electrons. The SMILES string of the molecule is O=c1[nH]c(-c2ccncc2)nc2c1CN(Cc1cnc(N3CCOCC3)s1)CC2. The Morgan fingerprint density at radius 3 is 2.83 bits per heavy atom. The summed E-state index contributed by atoms with van der Waals surface area (Å²) in [4.78, 5) is 34.7. The van der Waals surface area contributed by atoms with Gasteiger partial charge in [0, 0.05) is 68.2 Å². The first-order chi connectivity index (χ1) is 14.3. The monoisotopic (exact) mass is 410 g/mol. The highest BCUT2D eigenvalue weighted by molar-refractivity contribution is 7.15. The van der Waals surface area contributed by atoms with Gasteiger partial charge in [-0.25, -0.2) is 9.97 Å². The number of ether oxygens (including phenoxy) is 1. The molecule has 0 bridgehead atoms. The van der Waals surface area contributed by atoms with Crippen LogP contribution in [0.4, 0.5) is 5.13 Å². The van der Waals surface area contributed by atoms with Crippen molar-refractivity contribution in [1.82, 2.24) is 24.8 Å². The van der Waals surface area contributed by atoms with Crippen LogP contribution in [0.2, 0.25) is 0 Å². The zero-order valence-electron chi connectivity index (χ0n) is 16.0. The predicted octanol–water partition coefficient (Wildman–Crippen LogP) is 1.68. The molecule has 5 rings (SSSR count). The van der Waals surface area contributed by atoms with Crippen molar-refractivity contribution in [2.45, 2.75) is 19.5 Å². The lowest BCUT2D eigenvalue weighted by Crippen LogP contribution is -2.36. The van der Waals surface area contributed by atoms with E-state index in [1.54, 1.807) is 23.7 Å². The van der Waals surface area contributed by atoms with Crippen molar-refractivity contribution < 1.29 is 4.74 Å². The molecule has 0 aromatic carbocycles.